The van der Waals surface area contributed by atoms with Gasteiger partial charge >= 0.3 is 0 Å². The molecule has 0 radical (unpaired) electrons. The third-order valence-corrected chi connectivity index (χ3v) is 3.13. The molecule has 0 heterocycles. The Bertz CT molecular complexity index is 766. The van der Waals surface area contributed by atoms with E-state index in [-0.39, 0.29) is 11.6 Å². The molecule has 2 aromatic carbocycles. The number of carbonyl (C=O) groups is 1. The normalized spacial score (nSPS) is 9.79. The van der Waals surface area contributed by atoms with Crippen molar-refractivity contribution in [1.29, 1.82) is 5.26 Å². The molecule has 0 saturated heterocycles. The van der Waals surface area contributed by atoms with Crippen molar-refractivity contribution in [2.45, 2.75) is 12.8 Å². The number of hydrogen-bond donors (Lipinski definition) is 1. The minimum Gasteiger partial charge on any atom is -0.493 e. The topological polar surface area (TPSA) is 105 Å². The number of amides is 1. The molecule has 0 aromatic heterocycles. The number of nitrogens with zero attached hydrogens (tertiary/aromatic N) is 2. The molecule has 7 nitrogen and oxygen atoms in total. The number of hydrogen-bond acceptors (Lipinski definition) is 5. The van der Waals surface area contributed by atoms with Crippen molar-refractivity contribution in [2.24, 2.45) is 0 Å². The van der Waals surface area contributed by atoms with Crippen LogP contribution in [0.15, 0.2) is 48.5 Å². The summed E-state index contributed by atoms with van der Waals surface area (Å²) in [4.78, 5) is 22.2. The second-order valence-electron chi connectivity index (χ2n) is 4.90. The highest BCUT2D eigenvalue weighted by Crippen LogP contribution is 2.19. The summed E-state index contributed by atoms with van der Waals surface area (Å²) in [5.41, 5.74) is 0.802. The summed E-state index contributed by atoms with van der Waals surface area (Å²) >= 11 is 0. The summed E-state index contributed by atoms with van der Waals surface area (Å²) in [6.45, 7) is 0.424. The Morgan fingerprint density at radius 1 is 1.25 bits per heavy atom. The van der Waals surface area contributed by atoms with Crippen molar-refractivity contribution >= 4 is 17.3 Å². The highest BCUT2D eigenvalue weighted by atomic mass is 16.6. The highest BCUT2D eigenvalue weighted by Gasteiger charge is 2.10. The lowest BCUT2D eigenvalue weighted by Crippen LogP contribution is -2.11. The molecule has 2 rings (SSSR count). The van der Waals surface area contributed by atoms with E-state index in [1.165, 1.54) is 24.3 Å². The van der Waals surface area contributed by atoms with E-state index in [1.807, 2.05) is 6.07 Å². The van der Waals surface area contributed by atoms with Crippen LogP contribution < -0.4 is 10.1 Å². The zero-order chi connectivity index (χ0) is 17.4. The smallest absolute Gasteiger partial charge is 0.269 e. The van der Waals surface area contributed by atoms with Crippen LogP contribution in [0.4, 0.5) is 11.4 Å². The van der Waals surface area contributed by atoms with E-state index >= 15 is 0 Å². The van der Waals surface area contributed by atoms with Crippen LogP contribution >= 0.6 is 0 Å². The lowest BCUT2D eigenvalue weighted by molar-refractivity contribution is -0.384. The molecule has 0 aliphatic heterocycles. The molecule has 0 fully saturated rings. The number of benzene rings is 2. The van der Waals surface area contributed by atoms with Crippen molar-refractivity contribution in [3.8, 4) is 11.8 Å². The minimum absolute atomic E-state index is 0.0701. The lowest BCUT2D eigenvalue weighted by atomic mass is 10.2. The standard InChI is InChI=1S/C17H15N3O4/c18-10-1-2-11-24-16-5-3-4-14(12-16)19-17(21)13-6-8-15(9-7-13)20(22)23/h3-9,12H,1-2,11H2,(H,19,21). The molecule has 2 aromatic rings. The summed E-state index contributed by atoms with van der Waals surface area (Å²) in [6.07, 6.45) is 1.06. The van der Waals surface area contributed by atoms with E-state index in [0.29, 0.717) is 36.4 Å². The number of unbranched alkanes of at least 4 members (excludes halogenated alkanes) is 1. The van der Waals surface area contributed by atoms with Crippen LogP contribution in [-0.2, 0) is 0 Å². The van der Waals surface area contributed by atoms with Gasteiger partial charge in [0.1, 0.15) is 5.75 Å². The number of carbonyl (C=O) groups excluding carboxylic acids is 1. The Labute approximate surface area is 138 Å². The minimum atomic E-state index is -0.519. The number of nitrogens with one attached hydrogen (secondary N) is 1. The van der Waals surface area contributed by atoms with Gasteiger partial charge in [-0.15, -0.1) is 0 Å². The van der Waals surface area contributed by atoms with E-state index < -0.39 is 4.92 Å². The van der Waals surface area contributed by atoms with Gasteiger partial charge in [-0.1, -0.05) is 6.07 Å². The molecule has 7 heteroatoms. The number of rotatable bonds is 7. The lowest BCUT2D eigenvalue weighted by Gasteiger charge is -2.09. The van der Waals surface area contributed by atoms with Crippen LogP contribution in [0.3, 0.4) is 0 Å². The predicted molar refractivity (Wildman–Crippen MR) is 87.8 cm³/mol. The largest absolute Gasteiger partial charge is 0.493 e. The fourth-order valence-electron chi connectivity index (χ4n) is 1.94. The molecule has 0 atom stereocenters. The fraction of sp³-hybridized carbons (Fsp3) is 0.176. The maximum absolute atomic E-state index is 12.1. The van der Waals surface area contributed by atoms with E-state index in [2.05, 4.69) is 5.32 Å². The number of ether oxygens (including phenoxy) is 1. The second kappa shape index (κ2) is 8.29. The second-order valence-corrected chi connectivity index (χ2v) is 4.90. The number of anilines is 1. The average molecular weight is 325 g/mol. The molecular weight excluding hydrogens is 310 g/mol. The molecule has 1 amide bonds. The number of nitro groups is 1. The maximum atomic E-state index is 12.1. The van der Waals surface area contributed by atoms with E-state index in [9.17, 15) is 14.9 Å². The van der Waals surface area contributed by atoms with Crippen molar-refractivity contribution in [2.75, 3.05) is 11.9 Å². The zero-order valence-electron chi connectivity index (χ0n) is 12.8. The predicted octanol–water partition coefficient (Wildman–Crippen LogP) is 3.53. The van der Waals surface area contributed by atoms with Gasteiger partial charge in [-0.25, -0.2) is 0 Å². The number of nitro benzene ring substituents is 1. The quantitative estimate of drug-likeness (QED) is 0.476. The average Bonchev–Trinajstić information content (AvgIpc) is 2.59. The van der Waals surface area contributed by atoms with Gasteiger partial charge < -0.3 is 10.1 Å². The Hall–Kier alpha value is -3.40. The van der Waals surface area contributed by atoms with E-state index in [1.54, 1.807) is 24.3 Å². The van der Waals surface area contributed by atoms with Gasteiger partial charge in [0.05, 0.1) is 17.6 Å². The molecule has 122 valence electrons. The summed E-state index contributed by atoms with van der Waals surface area (Å²) in [6, 6.07) is 14.3. The monoisotopic (exact) mass is 325 g/mol. The van der Waals surface area contributed by atoms with Gasteiger partial charge in [0.25, 0.3) is 11.6 Å². The van der Waals surface area contributed by atoms with Crippen molar-refractivity contribution in [3.05, 3.63) is 64.2 Å². The SMILES string of the molecule is N#CCCCOc1cccc(NC(=O)c2ccc([N+](=O)[O-])cc2)c1. The van der Waals surface area contributed by atoms with Crippen molar-refractivity contribution in [3.63, 3.8) is 0 Å². The number of non-ortho nitro benzene ring substituents is 1. The first kappa shape index (κ1) is 17.0. The van der Waals surface area contributed by atoms with Crippen LogP contribution in [-0.4, -0.2) is 17.4 Å². The van der Waals surface area contributed by atoms with E-state index in [4.69, 9.17) is 10.00 Å². The molecule has 0 bridgehead atoms. The first-order valence-corrected chi connectivity index (χ1v) is 7.26. The third-order valence-electron chi connectivity index (χ3n) is 3.13. The van der Waals surface area contributed by atoms with Gasteiger partial charge in [-0.3, -0.25) is 14.9 Å². The van der Waals surface area contributed by atoms with Gasteiger partial charge in [-0.05, 0) is 30.7 Å². The van der Waals surface area contributed by atoms with Gasteiger partial charge in [0, 0.05) is 35.9 Å². The Morgan fingerprint density at radius 3 is 2.67 bits per heavy atom. The van der Waals surface area contributed by atoms with Crippen molar-refractivity contribution in [1.82, 2.24) is 0 Å². The van der Waals surface area contributed by atoms with Crippen LogP contribution in [0.2, 0.25) is 0 Å². The first-order chi connectivity index (χ1) is 11.6. The summed E-state index contributed by atoms with van der Waals surface area (Å²) < 4.78 is 5.50. The van der Waals surface area contributed by atoms with Gasteiger partial charge in [0.15, 0.2) is 0 Å². The van der Waals surface area contributed by atoms with Crippen molar-refractivity contribution < 1.29 is 14.5 Å². The van der Waals surface area contributed by atoms with Crippen LogP contribution in [0.5, 0.6) is 5.75 Å². The number of nitriles is 1. The molecule has 0 aliphatic rings. The van der Waals surface area contributed by atoms with Crippen LogP contribution in [0, 0.1) is 21.4 Å². The Balaban J connectivity index is 1.98. The first-order valence-electron chi connectivity index (χ1n) is 7.26. The molecule has 24 heavy (non-hydrogen) atoms. The molecule has 0 unspecified atom stereocenters. The molecule has 0 aliphatic carbocycles. The maximum Gasteiger partial charge on any atom is 0.269 e. The van der Waals surface area contributed by atoms with E-state index in [0.717, 1.165) is 0 Å². The highest BCUT2D eigenvalue weighted by molar-refractivity contribution is 6.04. The zero-order valence-corrected chi connectivity index (χ0v) is 12.8. The third kappa shape index (κ3) is 4.81. The molecule has 0 saturated carbocycles. The van der Waals surface area contributed by atoms with Gasteiger partial charge in [-0.2, -0.15) is 5.26 Å². The molecule has 1 N–H and O–H groups in total. The Kier molecular flexibility index (Phi) is 5.86. The summed E-state index contributed by atoms with van der Waals surface area (Å²) in [5.74, 6) is 0.223. The Morgan fingerprint density at radius 2 is 2.00 bits per heavy atom. The summed E-state index contributed by atoms with van der Waals surface area (Å²) in [7, 11) is 0. The van der Waals surface area contributed by atoms with Crippen LogP contribution in [0.1, 0.15) is 23.2 Å². The van der Waals surface area contributed by atoms with Crippen LogP contribution in [0.25, 0.3) is 0 Å². The molecule has 0 spiro atoms. The fourth-order valence-corrected chi connectivity index (χ4v) is 1.94. The molecular formula is C17H15N3O4. The summed E-state index contributed by atoms with van der Waals surface area (Å²) in [5, 5.41) is 21.8. The van der Waals surface area contributed by atoms with Gasteiger partial charge in [0.2, 0.25) is 0 Å².